The molecule has 0 fully saturated rings. The molecule has 0 amide bonds. The molecule has 206 valence electrons. The molecule has 5 heteroatoms. The Morgan fingerprint density at radius 1 is 0.615 bits per heavy atom. The van der Waals surface area contributed by atoms with E-state index in [2.05, 4.69) is 62.4 Å². The molecule has 0 radical (unpaired) electrons. The van der Waals surface area contributed by atoms with Gasteiger partial charge in [-0.2, -0.15) is 0 Å². The maximum absolute atomic E-state index is 13.5. The summed E-state index contributed by atoms with van der Waals surface area (Å²) in [5.41, 5.74) is 3.70. The largest absolute Gasteiger partial charge is 0.584 e. The predicted octanol–water partition coefficient (Wildman–Crippen LogP) is 10.6. The van der Waals surface area contributed by atoms with Crippen LogP contribution in [0.25, 0.3) is 32.7 Å². The van der Waals surface area contributed by atoms with Crippen molar-refractivity contribution in [1.29, 1.82) is 0 Å². The van der Waals surface area contributed by atoms with E-state index in [0.29, 0.717) is 11.5 Å². The summed E-state index contributed by atoms with van der Waals surface area (Å²) in [6.07, 6.45) is 13.1. The molecule has 1 N–H and O–H groups in total. The highest BCUT2D eigenvalue weighted by Crippen LogP contribution is 2.59. The molecule has 39 heavy (non-hydrogen) atoms. The van der Waals surface area contributed by atoms with Gasteiger partial charge in [-0.1, -0.05) is 114 Å². The fraction of sp³-hybridized carbons (Fsp3) is 0.412. The lowest BCUT2D eigenvalue weighted by Crippen LogP contribution is -2.02. The molecule has 0 saturated carbocycles. The van der Waals surface area contributed by atoms with Crippen LogP contribution in [0.5, 0.6) is 11.5 Å². The standard InChI is InChI=1S/C34H41O4P/c1-3-5-7-9-11-19-27-23-25-17-13-15-21-29(25)31-32-30-22-16-14-18-26(30)24-28(20-12-10-8-6-4-2)34(32)38-39(35,36)37-33(27)31/h13-18,21-24H,3-12,19-20H2,1-2H3,(H,35,36). The maximum atomic E-state index is 13.5. The zero-order valence-electron chi connectivity index (χ0n) is 23.4. The number of phosphoric ester groups is 1. The molecule has 0 saturated heterocycles. The quantitative estimate of drug-likeness (QED) is 0.142. The highest BCUT2D eigenvalue weighted by atomic mass is 31.2. The Labute approximate surface area is 233 Å². The number of hydrogen-bond donors (Lipinski definition) is 1. The molecule has 1 heterocycles. The fourth-order valence-corrected chi connectivity index (χ4v) is 6.85. The van der Waals surface area contributed by atoms with Crippen molar-refractivity contribution in [3.63, 3.8) is 0 Å². The Morgan fingerprint density at radius 3 is 1.46 bits per heavy atom. The SMILES string of the molecule is CCCCCCCc1cc2ccccc2c2c1OP(=O)(O)Oc1c(CCCCCCC)cc3ccccc3c1-2. The average molecular weight is 545 g/mol. The van der Waals surface area contributed by atoms with Crippen LogP contribution in [0.2, 0.25) is 0 Å². The summed E-state index contributed by atoms with van der Waals surface area (Å²) in [5, 5.41) is 4.25. The van der Waals surface area contributed by atoms with Gasteiger partial charge < -0.3 is 9.05 Å². The monoisotopic (exact) mass is 544 g/mol. The topological polar surface area (TPSA) is 55.8 Å². The number of hydrogen-bond acceptors (Lipinski definition) is 3. The first-order valence-electron chi connectivity index (χ1n) is 14.8. The van der Waals surface area contributed by atoms with Gasteiger partial charge in [0.2, 0.25) is 0 Å². The Bertz CT molecular complexity index is 1380. The van der Waals surface area contributed by atoms with Crippen molar-refractivity contribution in [3.8, 4) is 22.6 Å². The van der Waals surface area contributed by atoms with Crippen LogP contribution >= 0.6 is 7.82 Å². The van der Waals surface area contributed by atoms with Crippen LogP contribution < -0.4 is 9.05 Å². The second kappa shape index (κ2) is 12.6. The summed E-state index contributed by atoms with van der Waals surface area (Å²) in [7, 11) is -4.40. The van der Waals surface area contributed by atoms with Crippen LogP contribution in [0.3, 0.4) is 0 Å². The smallest absolute Gasteiger partial charge is 0.394 e. The van der Waals surface area contributed by atoms with Gasteiger partial charge in [0, 0.05) is 11.1 Å². The van der Waals surface area contributed by atoms with Gasteiger partial charge in [0.25, 0.3) is 0 Å². The third kappa shape index (κ3) is 6.18. The van der Waals surface area contributed by atoms with Gasteiger partial charge in [-0.25, -0.2) is 4.57 Å². The van der Waals surface area contributed by atoms with E-state index in [0.717, 1.165) is 82.3 Å². The summed E-state index contributed by atoms with van der Waals surface area (Å²) in [6.45, 7) is 4.44. The lowest BCUT2D eigenvalue weighted by Gasteiger charge is -2.18. The van der Waals surface area contributed by atoms with Gasteiger partial charge >= 0.3 is 7.82 Å². The minimum atomic E-state index is -4.40. The van der Waals surface area contributed by atoms with E-state index in [4.69, 9.17) is 9.05 Å². The molecule has 4 nitrogen and oxygen atoms in total. The molecule has 0 spiro atoms. The highest BCUT2D eigenvalue weighted by Gasteiger charge is 2.36. The van der Waals surface area contributed by atoms with Crippen LogP contribution in [0.15, 0.2) is 60.7 Å². The van der Waals surface area contributed by atoms with E-state index < -0.39 is 7.82 Å². The minimum Gasteiger partial charge on any atom is -0.394 e. The minimum absolute atomic E-state index is 0.499. The molecule has 4 aromatic carbocycles. The third-order valence-corrected chi connectivity index (χ3v) is 8.75. The molecule has 0 aromatic heterocycles. The fourth-order valence-electron chi connectivity index (χ4n) is 5.94. The van der Waals surface area contributed by atoms with Crippen molar-refractivity contribution in [2.75, 3.05) is 0 Å². The first kappa shape index (κ1) is 27.7. The van der Waals surface area contributed by atoms with E-state index in [1.807, 2.05) is 12.1 Å². The molecule has 0 atom stereocenters. The molecule has 1 aliphatic rings. The second-order valence-corrected chi connectivity index (χ2v) is 12.2. The van der Waals surface area contributed by atoms with Gasteiger partial charge in [-0.15, -0.1) is 0 Å². The van der Waals surface area contributed by atoms with Crippen LogP contribution in [-0.2, 0) is 17.4 Å². The van der Waals surface area contributed by atoms with E-state index in [9.17, 15) is 9.46 Å². The molecule has 1 aliphatic heterocycles. The number of rotatable bonds is 12. The van der Waals surface area contributed by atoms with Crippen LogP contribution in [0.4, 0.5) is 0 Å². The molecular formula is C34H41O4P. The van der Waals surface area contributed by atoms with Gasteiger partial charge in [0.15, 0.2) is 0 Å². The van der Waals surface area contributed by atoms with Crippen molar-refractivity contribution in [2.45, 2.75) is 90.9 Å². The zero-order chi connectivity index (χ0) is 27.2. The molecule has 0 aliphatic carbocycles. The lowest BCUT2D eigenvalue weighted by molar-refractivity contribution is 0.292. The van der Waals surface area contributed by atoms with Crippen molar-refractivity contribution in [1.82, 2.24) is 0 Å². The van der Waals surface area contributed by atoms with Crippen LogP contribution in [0, 0.1) is 0 Å². The molecule has 0 bridgehead atoms. The summed E-state index contributed by atoms with van der Waals surface area (Å²) in [6, 6.07) is 20.9. The van der Waals surface area contributed by atoms with Gasteiger partial charge in [0.1, 0.15) is 11.5 Å². The molecule has 0 unspecified atom stereocenters. The first-order valence-corrected chi connectivity index (χ1v) is 16.3. The molecule has 4 aromatic rings. The summed E-state index contributed by atoms with van der Waals surface area (Å²) < 4.78 is 25.5. The van der Waals surface area contributed by atoms with E-state index in [1.165, 1.54) is 38.5 Å². The third-order valence-electron chi connectivity index (χ3n) is 7.92. The van der Waals surface area contributed by atoms with E-state index >= 15 is 0 Å². The lowest BCUT2D eigenvalue weighted by atomic mass is 9.87. The Kier molecular flexibility index (Phi) is 8.95. The summed E-state index contributed by atoms with van der Waals surface area (Å²) in [4.78, 5) is 11.0. The number of fused-ring (bicyclic) bond motifs is 7. The molecular weight excluding hydrogens is 503 g/mol. The first-order chi connectivity index (χ1) is 19.0. The van der Waals surface area contributed by atoms with E-state index in [1.54, 1.807) is 0 Å². The maximum Gasteiger partial charge on any atom is 0.584 e. The van der Waals surface area contributed by atoms with Crippen molar-refractivity contribution in [3.05, 3.63) is 71.8 Å². The van der Waals surface area contributed by atoms with Crippen molar-refractivity contribution < 1.29 is 18.5 Å². The summed E-state index contributed by atoms with van der Waals surface area (Å²) in [5.74, 6) is 0.998. The predicted molar refractivity (Wildman–Crippen MR) is 163 cm³/mol. The average Bonchev–Trinajstić information content (AvgIpc) is 3.06. The number of benzene rings is 4. The Morgan fingerprint density at radius 2 is 1.03 bits per heavy atom. The molecule has 5 rings (SSSR count). The van der Waals surface area contributed by atoms with Crippen molar-refractivity contribution in [2.24, 2.45) is 0 Å². The number of phosphoric acid groups is 1. The Hall–Kier alpha value is -2.81. The zero-order valence-corrected chi connectivity index (χ0v) is 24.3. The van der Waals surface area contributed by atoms with Gasteiger partial charge in [-0.3, -0.25) is 4.89 Å². The second-order valence-electron chi connectivity index (χ2n) is 10.9. The Balaban J connectivity index is 1.71. The van der Waals surface area contributed by atoms with Crippen molar-refractivity contribution >= 4 is 29.4 Å². The van der Waals surface area contributed by atoms with Gasteiger partial charge in [0.05, 0.1) is 0 Å². The summed E-state index contributed by atoms with van der Waals surface area (Å²) >= 11 is 0. The van der Waals surface area contributed by atoms with E-state index in [-0.39, 0.29) is 0 Å². The highest BCUT2D eigenvalue weighted by molar-refractivity contribution is 7.48. The van der Waals surface area contributed by atoms with Crippen LogP contribution in [0.1, 0.15) is 89.2 Å². The normalized spacial score (nSPS) is 13.9. The van der Waals surface area contributed by atoms with Gasteiger partial charge in [-0.05, 0) is 70.5 Å². The van der Waals surface area contributed by atoms with Crippen LogP contribution in [-0.4, -0.2) is 4.89 Å². The number of unbranched alkanes of at least 4 members (excludes halogenated alkanes) is 8. The number of aryl methyl sites for hydroxylation is 2.